The smallest absolute Gasteiger partial charge is 0.124 e. The average molecular weight is 269 g/mol. The number of hydrogen-bond donors (Lipinski definition) is 1. The number of halogens is 1. The van der Waals surface area contributed by atoms with Gasteiger partial charge in [-0.05, 0) is 55.2 Å². The summed E-state index contributed by atoms with van der Waals surface area (Å²) in [4.78, 5) is 5.55. The van der Waals surface area contributed by atoms with Gasteiger partial charge in [0.05, 0.1) is 5.56 Å². The van der Waals surface area contributed by atoms with Gasteiger partial charge in [0, 0.05) is 18.8 Å². The first-order valence-corrected chi connectivity index (χ1v) is 6.92. The molecule has 1 saturated heterocycles. The van der Waals surface area contributed by atoms with Crippen molar-refractivity contribution in [3.63, 3.8) is 0 Å². The van der Waals surface area contributed by atoms with E-state index in [1.807, 2.05) is 6.07 Å². The molecule has 1 aromatic carbocycles. The predicted octanol–water partition coefficient (Wildman–Crippen LogP) is 3.68. The van der Waals surface area contributed by atoms with Crippen LogP contribution in [0.25, 0.3) is 11.3 Å². The van der Waals surface area contributed by atoms with Gasteiger partial charge in [0.2, 0.25) is 0 Å². The first kappa shape index (κ1) is 12.7. The maximum Gasteiger partial charge on any atom is 0.124 e. The van der Waals surface area contributed by atoms with E-state index in [0.717, 1.165) is 43.0 Å². The molecule has 2 aromatic rings. The first-order chi connectivity index (χ1) is 9.78. The molecule has 0 saturated carbocycles. The summed E-state index contributed by atoms with van der Waals surface area (Å²) in [5.74, 6) is 0.642. The third-order valence-corrected chi connectivity index (χ3v) is 3.74. The predicted molar refractivity (Wildman–Crippen MR) is 77.0 cm³/mol. The maximum atomic E-state index is 13.0. The van der Waals surface area contributed by atoms with Crippen molar-refractivity contribution in [1.29, 1.82) is 5.26 Å². The molecule has 20 heavy (non-hydrogen) atoms. The Hall–Kier alpha value is -2.28. The van der Waals surface area contributed by atoms with E-state index in [2.05, 4.69) is 16.0 Å². The van der Waals surface area contributed by atoms with Crippen molar-refractivity contribution in [2.24, 2.45) is 0 Å². The van der Waals surface area contributed by atoms with Crippen molar-refractivity contribution in [3.05, 3.63) is 41.7 Å². The fraction of sp³-hybridized carbons (Fsp3) is 0.312. The largest absolute Gasteiger partial charge is 0.357 e. The monoisotopic (exact) mass is 269 g/mol. The molecule has 0 unspecified atom stereocenters. The summed E-state index contributed by atoms with van der Waals surface area (Å²) < 4.78 is 13.0. The van der Waals surface area contributed by atoms with Gasteiger partial charge in [-0.1, -0.05) is 0 Å². The van der Waals surface area contributed by atoms with Crippen LogP contribution in [0.15, 0.2) is 30.3 Å². The molecule has 3 nitrogen and oxygen atoms in total. The molecule has 102 valence electrons. The van der Waals surface area contributed by atoms with Gasteiger partial charge in [0.1, 0.15) is 17.7 Å². The standard InChI is InChI=1S/C16H16FN3/c17-14-6-4-12(5-7-14)15-10-13(11-18)16(19-15)20-8-2-1-3-9-20/h4-7,10,19H,1-3,8-9H2. The zero-order valence-electron chi connectivity index (χ0n) is 11.2. The normalized spacial score (nSPS) is 15.1. The van der Waals surface area contributed by atoms with E-state index in [4.69, 9.17) is 0 Å². The molecule has 1 fully saturated rings. The Morgan fingerprint density at radius 1 is 1.10 bits per heavy atom. The van der Waals surface area contributed by atoms with Gasteiger partial charge in [-0.2, -0.15) is 5.26 Å². The molecule has 0 atom stereocenters. The Morgan fingerprint density at radius 2 is 1.80 bits per heavy atom. The minimum absolute atomic E-state index is 0.253. The Labute approximate surface area is 117 Å². The third-order valence-electron chi connectivity index (χ3n) is 3.74. The summed E-state index contributed by atoms with van der Waals surface area (Å²) in [6.07, 6.45) is 3.58. The van der Waals surface area contributed by atoms with E-state index in [9.17, 15) is 9.65 Å². The highest BCUT2D eigenvalue weighted by molar-refractivity contribution is 5.69. The van der Waals surface area contributed by atoms with Gasteiger partial charge in [0.25, 0.3) is 0 Å². The molecule has 1 aliphatic heterocycles. The third kappa shape index (κ3) is 2.39. The number of rotatable bonds is 2. The summed E-state index contributed by atoms with van der Waals surface area (Å²) in [6, 6.07) is 10.4. The van der Waals surface area contributed by atoms with Gasteiger partial charge in [0.15, 0.2) is 0 Å². The number of anilines is 1. The fourth-order valence-corrected chi connectivity index (χ4v) is 2.68. The summed E-state index contributed by atoms with van der Waals surface area (Å²) >= 11 is 0. The van der Waals surface area contributed by atoms with Gasteiger partial charge in [-0.15, -0.1) is 0 Å². The van der Waals surface area contributed by atoms with E-state index in [1.165, 1.54) is 18.6 Å². The molecule has 0 radical (unpaired) electrons. The number of aromatic nitrogens is 1. The summed E-state index contributed by atoms with van der Waals surface area (Å²) in [5.41, 5.74) is 2.42. The van der Waals surface area contributed by atoms with Crippen LogP contribution in [-0.2, 0) is 0 Å². The molecule has 0 amide bonds. The van der Waals surface area contributed by atoms with Crippen molar-refractivity contribution in [2.45, 2.75) is 19.3 Å². The minimum atomic E-state index is -0.253. The van der Waals surface area contributed by atoms with Crippen molar-refractivity contribution >= 4 is 5.82 Å². The van der Waals surface area contributed by atoms with Gasteiger partial charge >= 0.3 is 0 Å². The Bertz CT molecular complexity index is 631. The second-order valence-electron chi connectivity index (χ2n) is 5.11. The van der Waals surface area contributed by atoms with Crippen LogP contribution >= 0.6 is 0 Å². The van der Waals surface area contributed by atoms with E-state index >= 15 is 0 Å². The molecule has 1 aliphatic rings. The van der Waals surface area contributed by atoms with Crippen LogP contribution in [0.3, 0.4) is 0 Å². The highest BCUT2D eigenvalue weighted by Crippen LogP contribution is 2.29. The second-order valence-corrected chi connectivity index (χ2v) is 5.11. The average Bonchev–Trinajstić information content (AvgIpc) is 2.93. The minimum Gasteiger partial charge on any atom is -0.357 e. The molecule has 0 spiro atoms. The number of hydrogen-bond acceptors (Lipinski definition) is 2. The number of benzene rings is 1. The fourth-order valence-electron chi connectivity index (χ4n) is 2.68. The van der Waals surface area contributed by atoms with E-state index in [-0.39, 0.29) is 5.82 Å². The van der Waals surface area contributed by atoms with Gasteiger partial charge in [-0.25, -0.2) is 4.39 Å². The number of nitrogens with one attached hydrogen (secondary N) is 1. The lowest BCUT2D eigenvalue weighted by Crippen LogP contribution is -2.30. The first-order valence-electron chi connectivity index (χ1n) is 6.92. The van der Waals surface area contributed by atoms with Crippen LogP contribution in [0.4, 0.5) is 10.2 Å². The highest BCUT2D eigenvalue weighted by atomic mass is 19.1. The van der Waals surface area contributed by atoms with Crippen molar-refractivity contribution < 1.29 is 4.39 Å². The quantitative estimate of drug-likeness (QED) is 0.903. The zero-order valence-corrected chi connectivity index (χ0v) is 11.2. The van der Waals surface area contributed by atoms with E-state index < -0.39 is 0 Å². The lowest BCUT2D eigenvalue weighted by molar-refractivity contribution is 0.574. The number of piperidine rings is 1. The molecule has 3 rings (SSSR count). The van der Waals surface area contributed by atoms with Crippen LogP contribution < -0.4 is 4.90 Å². The summed E-state index contributed by atoms with van der Waals surface area (Å²) in [6.45, 7) is 1.97. The van der Waals surface area contributed by atoms with Crippen molar-refractivity contribution in [2.75, 3.05) is 18.0 Å². The highest BCUT2D eigenvalue weighted by Gasteiger charge is 2.17. The van der Waals surface area contributed by atoms with Crippen LogP contribution in [0.5, 0.6) is 0 Å². The van der Waals surface area contributed by atoms with Crippen molar-refractivity contribution in [1.82, 2.24) is 4.98 Å². The van der Waals surface area contributed by atoms with Crippen LogP contribution in [0.2, 0.25) is 0 Å². The van der Waals surface area contributed by atoms with Gasteiger partial charge in [-0.3, -0.25) is 0 Å². The Morgan fingerprint density at radius 3 is 2.45 bits per heavy atom. The SMILES string of the molecule is N#Cc1cc(-c2ccc(F)cc2)[nH]c1N1CCCCC1. The van der Waals surface area contributed by atoms with Crippen LogP contribution in [0, 0.1) is 17.1 Å². The zero-order chi connectivity index (χ0) is 13.9. The Kier molecular flexibility index (Phi) is 3.42. The second kappa shape index (κ2) is 5.38. The lowest BCUT2D eigenvalue weighted by Gasteiger charge is -2.27. The maximum absolute atomic E-state index is 13.0. The number of nitriles is 1. The lowest BCUT2D eigenvalue weighted by atomic mass is 10.1. The molecule has 1 aromatic heterocycles. The number of H-pyrrole nitrogens is 1. The molecular formula is C16H16FN3. The summed E-state index contributed by atoms with van der Waals surface area (Å²) in [7, 11) is 0. The van der Waals surface area contributed by atoms with Gasteiger partial charge < -0.3 is 9.88 Å². The number of nitrogens with zero attached hydrogens (tertiary/aromatic N) is 2. The van der Waals surface area contributed by atoms with Crippen molar-refractivity contribution in [3.8, 4) is 17.3 Å². The summed E-state index contributed by atoms with van der Waals surface area (Å²) in [5, 5.41) is 9.30. The van der Waals surface area contributed by atoms with Crippen LogP contribution in [-0.4, -0.2) is 18.1 Å². The topological polar surface area (TPSA) is 42.8 Å². The van der Waals surface area contributed by atoms with E-state index in [1.54, 1.807) is 12.1 Å². The van der Waals surface area contributed by atoms with E-state index in [0.29, 0.717) is 5.56 Å². The molecule has 0 bridgehead atoms. The molecular weight excluding hydrogens is 253 g/mol. The number of aromatic amines is 1. The molecule has 4 heteroatoms. The molecule has 2 heterocycles. The van der Waals surface area contributed by atoms with Crippen LogP contribution in [0.1, 0.15) is 24.8 Å². The molecule has 1 N–H and O–H groups in total. The Balaban J connectivity index is 1.96. The molecule has 0 aliphatic carbocycles.